The zero-order valence-electron chi connectivity index (χ0n) is 16.9. The van der Waals surface area contributed by atoms with Crippen molar-refractivity contribution in [3.8, 4) is 0 Å². The van der Waals surface area contributed by atoms with Crippen molar-refractivity contribution < 1.29 is 34.4 Å². The fourth-order valence-corrected chi connectivity index (χ4v) is 6.07. The quantitative estimate of drug-likeness (QED) is 0.653. The highest BCUT2D eigenvalue weighted by Crippen LogP contribution is 2.70. The van der Waals surface area contributed by atoms with Crippen LogP contribution in [-0.4, -0.2) is 57.3 Å². The van der Waals surface area contributed by atoms with E-state index in [-0.39, 0.29) is 25.4 Å². The molecule has 3 aliphatic rings. The largest absolute Gasteiger partial charge is 0.461 e. The van der Waals surface area contributed by atoms with Crippen LogP contribution in [0.1, 0.15) is 50.4 Å². The van der Waals surface area contributed by atoms with Crippen molar-refractivity contribution in [3.05, 3.63) is 35.9 Å². The van der Waals surface area contributed by atoms with Gasteiger partial charge in [-0.15, -0.1) is 0 Å². The Morgan fingerprint density at radius 1 is 1.24 bits per heavy atom. The first-order chi connectivity index (χ1) is 13.5. The Morgan fingerprint density at radius 3 is 2.55 bits per heavy atom. The molecule has 1 aliphatic heterocycles. The van der Waals surface area contributed by atoms with Gasteiger partial charge in [-0.2, -0.15) is 0 Å². The smallest absolute Gasteiger partial charge is 0.338 e. The first kappa shape index (κ1) is 20.3. The number of esters is 2. The highest BCUT2D eigenvalue weighted by Gasteiger charge is 2.80. The molecule has 2 aliphatic carbocycles. The van der Waals surface area contributed by atoms with Crippen LogP contribution in [0.5, 0.6) is 0 Å². The average molecular weight is 404 g/mol. The summed E-state index contributed by atoms with van der Waals surface area (Å²) in [6.45, 7) is 4.77. The van der Waals surface area contributed by atoms with Gasteiger partial charge in [-0.25, -0.2) is 9.59 Å². The molecule has 2 saturated carbocycles. The van der Waals surface area contributed by atoms with E-state index in [2.05, 4.69) is 0 Å². The SMILES string of the molecule is C[C@@H]1CC[C@@]2(O)[C@@]13C[C@@H](OC(=O)[C@@H]3O)[C@](C)(O)[C@@]2(C)COC(=O)c1ccccc1. The molecular weight excluding hydrogens is 376 g/mol. The van der Waals surface area contributed by atoms with Crippen molar-refractivity contribution in [2.45, 2.75) is 63.4 Å². The summed E-state index contributed by atoms with van der Waals surface area (Å²) in [7, 11) is 0. The number of fused-ring (bicyclic) bond motifs is 1. The minimum atomic E-state index is -1.66. The van der Waals surface area contributed by atoms with Crippen LogP contribution in [0.2, 0.25) is 0 Å². The lowest BCUT2D eigenvalue weighted by Gasteiger charge is -2.67. The molecule has 3 N–H and O–H groups in total. The maximum absolute atomic E-state index is 12.5. The van der Waals surface area contributed by atoms with Crippen molar-refractivity contribution >= 4 is 11.9 Å². The molecule has 1 aromatic carbocycles. The third-order valence-electron chi connectivity index (χ3n) is 8.24. The van der Waals surface area contributed by atoms with E-state index in [1.807, 2.05) is 6.92 Å². The lowest BCUT2D eigenvalue weighted by atomic mass is 9.44. The Hall–Kier alpha value is -1.96. The first-order valence-electron chi connectivity index (χ1n) is 10.1. The van der Waals surface area contributed by atoms with Crippen LogP contribution in [0.15, 0.2) is 30.3 Å². The van der Waals surface area contributed by atoms with Crippen molar-refractivity contribution in [1.82, 2.24) is 0 Å². The van der Waals surface area contributed by atoms with Gasteiger partial charge < -0.3 is 24.8 Å². The van der Waals surface area contributed by atoms with Gasteiger partial charge >= 0.3 is 11.9 Å². The lowest BCUT2D eigenvalue weighted by Crippen LogP contribution is -2.80. The molecule has 158 valence electrons. The van der Waals surface area contributed by atoms with E-state index in [0.29, 0.717) is 12.0 Å². The zero-order valence-corrected chi connectivity index (χ0v) is 16.9. The predicted octanol–water partition coefficient (Wildman–Crippen LogP) is 1.44. The second kappa shape index (κ2) is 6.27. The third kappa shape index (κ3) is 2.35. The number of carbonyl (C=O) groups excluding carboxylic acids is 2. The summed E-state index contributed by atoms with van der Waals surface area (Å²) >= 11 is 0. The molecule has 4 rings (SSSR count). The van der Waals surface area contributed by atoms with Gasteiger partial charge in [0, 0.05) is 5.41 Å². The molecule has 1 heterocycles. The van der Waals surface area contributed by atoms with Crippen LogP contribution in [0.3, 0.4) is 0 Å². The van der Waals surface area contributed by atoms with Gasteiger partial charge in [-0.1, -0.05) is 32.0 Å². The van der Waals surface area contributed by atoms with Gasteiger partial charge in [-0.3, -0.25) is 0 Å². The Kier molecular flexibility index (Phi) is 4.39. The molecule has 29 heavy (non-hydrogen) atoms. The third-order valence-corrected chi connectivity index (χ3v) is 8.24. The molecule has 7 nitrogen and oxygen atoms in total. The molecule has 1 spiro atoms. The van der Waals surface area contributed by atoms with Gasteiger partial charge in [0.05, 0.1) is 16.6 Å². The van der Waals surface area contributed by atoms with Gasteiger partial charge in [0.2, 0.25) is 0 Å². The molecule has 0 radical (unpaired) electrons. The van der Waals surface area contributed by atoms with E-state index in [1.54, 1.807) is 37.3 Å². The average Bonchev–Trinajstić information content (AvgIpc) is 2.96. The zero-order chi connectivity index (χ0) is 21.2. The summed E-state index contributed by atoms with van der Waals surface area (Å²) in [6.07, 6.45) is -1.40. The normalized spacial score (nSPS) is 46.0. The number of aliphatic hydroxyl groups excluding tert-OH is 1. The molecule has 7 atom stereocenters. The highest BCUT2D eigenvalue weighted by atomic mass is 16.6. The Bertz CT molecular complexity index is 837. The summed E-state index contributed by atoms with van der Waals surface area (Å²) in [4.78, 5) is 24.9. The number of hydrogen-bond donors (Lipinski definition) is 3. The monoisotopic (exact) mass is 404 g/mol. The topological polar surface area (TPSA) is 113 Å². The Labute approximate surface area is 169 Å². The summed E-state index contributed by atoms with van der Waals surface area (Å²) in [5, 5.41) is 34.3. The van der Waals surface area contributed by atoms with Gasteiger partial charge in [0.1, 0.15) is 18.3 Å². The number of carbonyl (C=O) groups is 2. The summed E-state index contributed by atoms with van der Waals surface area (Å²) < 4.78 is 10.9. The maximum atomic E-state index is 12.5. The summed E-state index contributed by atoms with van der Waals surface area (Å²) in [5.41, 5.74) is -5.44. The molecule has 0 unspecified atom stereocenters. The minimum Gasteiger partial charge on any atom is -0.461 e. The second-order valence-corrected chi connectivity index (χ2v) is 9.29. The number of rotatable bonds is 3. The van der Waals surface area contributed by atoms with E-state index >= 15 is 0 Å². The van der Waals surface area contributed by atoms with E-state index in [4.69, 9.17) is 9.47 Å². The minimum absolute atomic E-state index is 0.160. The fourth-order valence-electron chi connectivity index (χ4n) is 6.07. The molecule has 0 aromatic heterocycles. The van der Waals surface area contributed by atoms with Crippen molar-refractivity contribution in [2.75, 3.05) is 6.61 Å². The van der Waals surface area contributed by atoms with Gasteiger partial charge in [-0.05, 0) is 44.2 Å². The van der Waals surface area contributed by atoms with E-state index in [1.165, 1.54) is 6.92 Å². The molecule has 7 heteroatoms. The molecule has 1 aromatic rings. The molecular formula is C22H28O7. The van der Waals surface area contributed by atoms with Crippen LogP contribution < -0.4 is 0 Å². The molecule has 3 fully saturated rings. The van der Waals surface area contributed by atoms with E-state index in [9.17, 15) is 24.9 Å². The fraction of sp³-hybridized carbons (Fsp3) is 0.636. The summed E-state index contributed by atoms with van der Waals surface area (Å²) in [6, 6.07) is 8.47. The Morgan fingerprint density at radius 2 is 1.90 bits per heavy atom. The van der Waals surface area contributed by atoms with Crippen LogP contribution in [0.4, 0.5) is 0 Å². The van der Waals surface area contributed by atoms with Gasteiger partial charge in [0.15, 0.2) is 6.10 Å². The molecule has 2 bridgehead atoms. The van der Waals surface area contributed by atoms with Crippen LogP contribution in [-0.2, 0) is 14.3 Å². The van der Waals surface area contributed by atoms with E-state index in [0.717, 1.165) is 0 Å². The predicted molar refractivity (Wildman–Crippen MR) is 102 cm³/mol. The van der Waals surface area contributed by atoms with Crippen LogP contribution in [0, 0.1) is 16.7 Å². The molecule has 1 saturated heterocycles. The lowest BCUT2D eigenvalue weighted by molar-refractivity contribution is -0.340. The van der Waals surface area contributed by atoms with E-state index < -0.39 is 46.2 Å². The number of aliphatic hydroxyl groups is 3. The standard InChI is InChI=1S/C22H28O7/c1-13-9-10-22(27)19(2,12-28-17(24)14-7-5-4-6-8-14)20(3,26)15-11-21(13,22)16(23)18(25)29-15/h4-8,13,15-16,23,26-27H,9-12H2,1-3H3/t13-,15-,16+,19-,20+,21+,22+/m1/s1. The highest BCUT2D eigenvalue weighted by molar-refractivity contribution is 5.89. The van der Waals surface area contributed by atoms with Gasteiger partial charge in [0.25, 0.3) is 0 Å². The van der Waals surface area contributed by atoms with Crippen molar-refractivity contribution in [1.29, 1.82) is 0 Å². The van der Waals surface area contributed by atoms with Crippen molar-refractivity contribution in [3.63, 3.8) is 0 Å². The summed E-state index contributed by atoms with van der Waals surface area (Å²) in [5.74, 6) is -1.56. The Balaban J connectivity index is 1.75. The van der Waals surface area contributed by atoms with Crippen LogP contribution >= 0.6 is 0 Å². The number of hydrogen-bond acceptors (Lipinski definition) is 7. The number of ether oxygens (including phenoxy) is 2. The maximum Gasteiger partial charge on any atom is 0.338 e. The second-order valence-electron chi connectivity index (χ2n) is 9.29. The van der Waals surface area contributed by atoms with Crippen LogP contribution in [0.25, 0.3) is 0 Å². The number of benzene rings is 1. The van der Waals surface area contributed by atoms with Crippen molar-refractivity contribution in [2.24, 2.45) is 16.7 Å². The first-order valence-corrected chi connectivity index (χ1v) is 10.1. The molecule has 0 amide bonds.